The van der Waals surface area contributed by atoms with E-state index < -0.39 is 5.97 Å². The van der Waals surface area contributed by atoms with Crippen molar-refractivity contribution in [3.63, 3.8) is 0 Å². The highest BCUT2D eigenvalue weighted by Gasteiger charge is 2.09. The number of rotatable bonds is 8. The van der Waals surface area contributed by atoms with Crippen LogP contribution >= 0.6 is 0 Å². The molecule has 0 bridgehead atoms. The fraction of sp³-hybridized carbons (Fsp3) is 0.267. The molecule has 6 heteroatoms. The third kappa shape index (κ3) is 4.54. The second kappa shape index (κ2) is 7.35. The van der Waals surface area contributed by atoms with Gasteiger partial charge in [-0.3, -0.25) is 0 Å². The van der Waals surface area contributed by atoms with Crippen molar-refractivity contribution in [2.45, 2.75) is 13.0 Å². The average Bonchev–Trinajstić information content (AvgIpc) is 2.95. The number of hydrogen-bond donors (Lipinski definition) is 3. The monoisotopic (exact) mass is 290 g/mol. The lowest BCUT2D eigenvalue weighted by atomic mass is 10.3. The number of carbonyl (C=O) groups is 1. The summed E-state index contributed by atoms with van der Waals surface area (Å²) in [4.78, 5) is 10.7. The van der Waals surface area contributed by atoms with Gasteiger partial charge >= 0.3 is 5.97 Å². The Labute approximate surface area is 122 Å². The number of nitrogens with one attached hydrogen (secondary N) is 1. The van der Waals surface area contributed by atoms with Gasteiger partial charge in [-0.25, -0.2) is 4.79 Å². The fourth-order valence-electron chi connectivity index (χ4n) is 1.76. The fourth-order valence-corrected chi connectivity index (χ4v) is 1.76. The first-order valence-electron chi connectivity index (χ1n) is 6.68. The zero-order valence-electron chi connectivity index (χ0n) is 11.5. The molecule has 0 unspecified atom stereocenters. The molecule has 2 aromatic rings. The van der Waals surface area contributed by atoms with Crippen LogP contribution in [0.3, 0.4) is 0 Å². The van der Waals surface area contributed by atoms with Crippen LogP contribution in [-0.2, 0) is 6.61 Å². The molecule has 4 N–H and O–H groups in total. The van der Waals surface area contributed by atoms with Crippen molar-refractivity contribution in [1.29, 1.82) is 0 Å². The van der Waals surface area contributed by atoms with E-state index in [0.29, 0.717) is 18.1 Å². The highest BCUT2D eigenvalue weighted by molar-refractivity contribution is 5.84. The van der Waals surface area contributed by atoms with Gasteiger partial charge in [0, 0.05) is 18.3 Å². The Kier molecular flexibility index (Phi) is 5.22. The molecule has 0 amide bonds. The smallest absolute Gasteiger partial charge is 0.371 e. The van der Waals surface area contributed by atoms with Gasteiger partial charge in [0.05, 0.1) is 0 Å². The number of aromatic carboxylic acids is 1. The summed E-state index contributed by atoms with van der Waals surface area (Å²) in [7, 11) is 0. The molecule has 0 radical (unpaired) electrons. The van der Waals surface area contributed by atoms with E-state index in [1.165, 1.54) is 6.07 Å². The largest absolute Gasteiger partial charge is 0.486 e. The minimum Gasteiger partial charge on any atom is -0.486 e. The van der Waals surface area contributed by atoms with Crippen LogP contribution in [0.4, 0.5) is 5.69 Å². The molecule has 0 spiro atoms. The first-order valence-corrected chi connectivity index (χ1v) is 6.68. The van der Waals surface area contributed by atoms with Gasteiger partial charge in [-0.05, 0) is 37.2 Å². The number of furan rings is 1. The maximum Gasteiger partial charge on any atom is 0.371 e. The van der Waals surface area contributed by atoms with Crippen LogP contribution in [0, 0.1) is 0 Å². The number of benzene rings is 1. The van der Waals surface area contributed by atoms with Crippen molar-refractivity contribution in [2.24, 2.45) is 5.73 Å². The molecule has 0 aliphatic carbocycles. The molecule has 6 nitrogen and oxygen atoms in total. The predicted octanol–water partition coefficient (Wildman–Crippen LogP) is 2.32. The van der Waals surface area contributed by atoms with Crippen LogP contribution in [0.25, 0.3) is 0 Å². The van der Waals surface area contributed by atoms with Crippen LogP contribution in [0.15, 0.2) is 40.8 Å². The summed E-state index contributed by atoms with van der Waals surface area (Å²) in [6.45, 7) is 1.63. The van der Waals surface area contributed by atoms with Crippen molar-refractivity contribution in [1.82, 2.24) is 0 Å². The maximum absolute atomic E-state index is 10.7. The molecule has 2 rings (SSSR count). The molecule has 0 aliphatic heterocycles. The highest BCUT2D eigenvalue weighted by atomic mass is 16.5. The van der Waals surface area contributed by atoms with Crippen LogP contribution in [-0.4, -0.2) is 24.2 Å². The molecule has 0 saturated heterocycles. The zero-order chi connectivity index (χ0) is 15.1. The normalized spacial score (nSPS) is 10.3. The molecule has 0 aliphatic rings. The predicted molar refractivity (Wildman–Crippen MR) is 78.6 cm³/mol. The van der Waals surface area contributed by atoms with E-state index in [2.05, 4.69) is 5.32 Å². The second-order valence-electron chi connectivity index (χ2n) is 4.46. The van der Waals surface area contributed by atoms with E-state index >= 15 is 0 Å². The van der Waals surface area contributed by atoms with Crippen LogP contribution in [0.5, 0.6) is 5.75 Å². The number of carboxylic acid groups (broad SMARTS) is 1. The molecule has 0 atom stereocenters. The van der Waals surface area contributed by atoms with E-state index in [1.54, 1.807) is 6.07 Å². The van der Waals surface area contributed by atoms with Crippen LogP contribution in [0.2, 0.25) is 0 Å². The third-order valence-electron chi connectivity index (χ3n) is 2.80. The Morgan fingerprint density at radius 3 is 2.90 bits per heavy atom. The topological polar surface area (TPSA) is 97.7 Å². The van der Waals surface area contributed by atoms with Crippen LogP contribution < -0.4 is 15.8 Å². The standard InChI is InChI=1S/C15H18N2O4/c16-7-2-8-17-11-3-1-4-12(9-11)20-10-13-5-6-14(21-13)15(18)19/h1,3-6,9,17H,2,7-8,10,16H2,(H,18,19). The molecule has 1 heterocycles. The lowest BCUT2D eigenvalue weighted by Crippen LogP contribution is -2.08. The molecule has 0 fully saturated rings. The Hall–Kier alpha value is -2.47. The summed E-state index contributed by atoms with van der Waals surface area (Å²) in [6, 6.07) is 10.5. The first kappa shape index (κ1) is 14.9. The first-order chi connectivity index (χ1) is 10.2. The summed E-state index contributed by atoms with van der Waals surface area (Å²) < 4.78 is 10.7. The minimum absolute atomic E-state index is 0.0919. The molecule has 1 aromatic carbocycles. The summed E-state index contributed by atoms with van der Waals surface area (Å²) >= 11 is 0. The number of nitrogens with two attached hydrogens (primary N) is 1. The van der Waals surface area contributed by atoms with Gasteiger partial charge in [0.2, 0.25) is 5.76 Å². The average molecular weight is 290 g/mol. The van der Waals surface area contributed by atoms with Gasteiger partial charge in [0.15, 0.2) is 0 Å². The van der Waals surface area contributed by atoms with Crippen LogP contribution in [0.1, 0.15) is 22.7 Å². The summed E-state index contributed by atoms with van der Waals surface area (Å²) in [6.07, 6.45) is 0.898. The quantitative estimate of drug-likeness (QED) is 0.645. The van der Waals surface area contributed by atoms with Crippen molar-refractivity contribution in [2.75, 3.05) is 18.4 Å². The summed E-state index contributed by atoms with van der Waals surface area (Å²) in [5.41, 5.74) is 6.39. The Balaban J connectivity index is 1.90. The van der Waals surface area contributed by atoms with Crippen molar-refractivity contribution < 1.29 is 19.1 Å². The van der Waals surface area contributed by atoms with Crippen molar-refractivity contribution in [3.8, 4) is 5.75 Å². The Bertz CT molecular complexity index is 595. The highest BCUT2D eigenvalue weighted by Crippen LogP contribution is 2.19. The molecule has 21 heavy (non-hydrogen) atoms. The number of hydrogen-bond acceptors (Lipinski definition) is 5. The van der Waals surface area contributed by atoms with E-state index in [1.807, 2.05) is 24.3 Å². The van der Waals surface area contributed by atoms with Gasteiger partial charge in [0.25, 0.3) is 0 Å². The summed E-state index contributed by atoms with van der Waals surface area (Å²) in [5, 5.41) is 12.0. The van der Waals surface area contributed by atoms with Gasteiger partial charge in [-0.1, -0.05) is 6.07 Å². The van der Waals surface area contributed by atoms with E-state index in [9.17, 15) is 4.79 Å². The van der Waals surface area contributed by atoms with E-state index in [0.717, 1.165) is 18.7 Å². The number of anilines is 1. The van der Waals surface area contributed by atoms with Crippen molar-refractivity contribution in [3.05, 3.63) is 47.9 Å². The van der Waals surface area contributed by atoms with Crippen molar-refractivity contribution >= 4 is 11.7 Å². The molecular formula is C15H18N2O4. The number of carboxylic acids is 1. The Morgan fingerprint density at radius 1 is 1.33 bits per heavy atom. The summed E-state index contributed by atoms with van der Waals surface area (Å²) in [5.74, 6) is -0.0342. The molecular weight excluding hydrogens is 272 g/mol. The SMILES string of the molecule is NCCCNc1cccc(OCc2ccc(C(=O)O)o2)c1. The number of ether oxygens (including phenoxy) is 1. The third-order valence-corrected chi connectivity index (χ3v) is 2.80. The minimum atomic E-state index is -1.09. The van der Waals surface area contributed by atoms with E-state index in [4.69, 9.17) is 20.0 Å². The van der Waals surface area contributed by atoms with Gasteiger partial charge in [-0.15, -0.1) is 0 Å². The van der Waals surface area contributed by atoms with Gasteiger partial charge in [-0.2, -0.15) is 0 Å². The van der Waals surface area contributed by atoms with Gasteiger partial charge < -0.3 is 25.3 Å². The Morgan fingerprint density at radius 2 is 2.19 bits per heavy atom. The second-order valence-corrected chi connectivity index (χ2v) is 4.46. The molecule has 0 saturated carbocycles. The maximum atomic E-state index is 10.7. The van der Waals surface area contributed by atoms with Gasteiger partial charge in [0.1, 0.15) is 18.1 Å². The molecule has 112 valence electrons. The van der Waals surface area contributed by atoms with E-state index in [-0.39, 0.29) is 12.4 Å². The lowest BCUT2D eigenvalue weighted by molar-refractivity contribution is 0.0658. The zero-order valence-corrected chi connectivity index (χ0v) is 11.5. The lowest BCUT2D eigenvalue weighted by Gasteiger charge is -2.08. The molecule has 1 aromatic heterocycles.